The van der Waals surface area contributed by atoms with Crippen LogP contribution >= 0.6 is 0 Å². The Bertz CT molecular complexity index is 785. The number of carbonyl (C=O) groups is 1. The summed E-state index contributed by atoms with van der Waals surface area (Å²) in [6.45, 7) is 3.18. The van der Waals surface area contributed by atoms with Gasteiger partial charge in [0.25, 0.3) is 0 Å². The molecule has 2 aliphatic carbocycles. The van der Waals surface area contributed by atoms with Crippen LogP contribution in [0.25, 0.3) is 0 Å². The van der Waals surface area contributed by atoms with Gasteiger partial charge in [-0.15, -0.1) is 0 Å². The first-order valence-corrected chi connectivity index (χ1v) is 9.10. The van der Waals surface area contributed by atoms with Gasteiger partial charge in [0.15, 0.2) is 0 Å². The molecule has 1 aromatic carbocycles. The van der Waals surface area contributed by atoms with Crippen LogP contribution in [0.5, 0.6) is 0 Å². The van der Waals surface area contributed by atoms with Crippen molar-refractivity contribution in [3.05, 3.63) is 59.8 Å². The van der Waals surface area contributed by atoms with Crippen LogP contribution in [0.1, 0.15) is 17.0 Å². The number of hydrogen-bond donors (Lipinski definition) is 1. The van der Waals surface area contributed by atoms with Crippen LogP contribution in [0.2, 0.25) is 0 Å². The normalized spacial score (nSPS) is 26.8. The Morgan fingerprint density at radius 1 is 1.04 bits per heavy atom. The second-order valence-corrected chi connectivity index (χ2v) is 7.23. The lowest BCUT2D eigenvalue weighted by Gasteiger charge is -2.35. The fraction of sp³-hybridized carbons (Fsp3) is 0.400. The number of benzene rings is 1. The number of amides is 2. The predicted octanol–water partition coefficient (Wildman–Crippen LogP) is 2.25. The summed E-state index contributed by atoms with van der Waals surface area (Å²) in [5, 5.41) is 3.27. The lowest BCUT2D eigenvalue weighted by molar-refractivity contribution is 0.193. The van der Waals surface area contributed by atoms with Crippen molar-refractivity contribution in [3.63, 3.8) is 0 Å². The van der Waals surface area contributed by atoms with Gasteiger partial charge in [-0.1, -0.05) is 30.3 Å². The van der Waals surface area contributed by atoms with Gasteiger partial charge in [0.05, 0.1) is 0 Å². The Morgan fingerprint density at radius 2 is 1.84 bits per heavy atom. The van der Waals surface area contributed by atoms with Crippen molar-refractivity contribution in [3.8, 4) is 0 Å². The molecule has 128 valence electrons. The molecule has 1 saturated carbocycles. The largest absolute Gasteiger partial charge is 0.353 e. The molecule has 3 aliphatic rings. The molecule has 2 aromatic rings. The van der Waals surface area contributed by atoms with Gasteiger partial charge < -0.3 is 15.1 Å². The highest BCUT2D eigenvalue weighted by Crippen LogP contribution is 2.56. The van der Waals surface area contributed by atoms with Gasteiger partial charge in [0.1, 0.15) is 5.82 Å². The van der Waals surface area contributed by atoms with E-state index in [1.807, 2.05) is 29.3 Å². The maximum atomic E-state index is 12.6. The highest BCUT2D eigenvalue weighted by Gasteiger charge is 2.56. The molecule has 5 nitrogen and oxygen atoms in total. The summed E-state index contributed by atoms with van der Waals surface area (Å²) in [5.74, 6) is 2.14. The van der Waals surface area contributed by atoms with E-state index in [9.17, 15) is 4.79 Å². The van der Waals surface area contributed by atoms with E-state index in [0.29, 0.717) is 17.9 Å². The number of rotatable bonds is 2. The summed E-state index contributed by atoms with van der Waals surface area (Å²) in [5.41, 5.74) is 2.91. The molecule has 5 rings (SSSR count). The van der Waals surface area contributed by atoms with Gasteiger partial charge >= 0.3 is 6.03 Å². The smallest absolute Gasteiger partial charge is 0.317 e. The molecule has 0 spiro atoms. The summed E-state index contributed by atoms with van der Waals surface area (Å²) in [6.07, 6.45) is 2.93. The molecule has 0 unspecified atom stereocenters. The third-order valence-electron chi connectivity index (χ3n) is 5.87. The van der Waals surface area contributed by atoms with Crippen molar-refractivity contribution in [1.29, 1.82) is 0 Å². The number of anilines is 1. The van der Waals surface area contributed by atoms with Crippen molar-refractivity contribution in [2.75, 3.05) is 31.1 Å². The Labute approximate surface area is 147 Å². The second kappa shape index (κ2) is 5.76. The Balaban J connectivity index is 1.17. The van der Waals surface area contributed by atoms with E-state index in [1.165, 1.54) is 11.1 Å². The molecule has 2 heterocycles. The van der Waals surface area contributed by atoms with Gasteiger partial charge in [0, 0.05) is 44.3 Å². The van der Waals surface area contributed by atoms with Crippen LogP contribution in [0.4, 0.5) is 10.6 Å². The number of piperazine rings is 1. The van der Waals surface area contributed by atoms with Gasteiger partial charge in [0.2, 0.25) is 0 Å². The minimum atomic E-state index is 0.0950. The summed E-state index contributed by atoms with van der Waals surface area (Å²) < 4.78 is 0. The van der Waals surface area contributed by atoms with Gasteiger partial charge in [-0.3, -0.25) is 0 Å². The summed E-state index contributed by atoms with van der Waals surface area (Å²) in [4.78, 5) is 21.2. The Hall–Kier alpha value is -2.56. The lowest BCUT2D eigenvalue weighted by Crippen LogP contribution is -2.52. The number of nitrogens with zero attached hydrogens (tertiary/aromatic N) is 3. The van der Waals surface area contributed by atoms with Crippen LogP contribution < -0.4 is 10.2 Å². The summed E-state index contributed by atoms with van der Waals surface area (Å²) in [7, 11) is 0. The molecule has 25 heavy (non-hydrogen) atoms. The SMILES string of the molecule is O=C(N[C@@H]1[C@H]2Cc3ccccc3[C@@H]21)N1CCN(c2ccccn2)CC1. The molecule has 1 aromatic heterocycles. The number of pyridine rings is 1. The number of fused-ring (bicyclic) bond motifs is 3. The monoisotopic (exact) mass is 334 g/mol. The maximum absolute atomic E-state index is 12.6. The molecule has 5 heteroatoms. The van der Waals surface area contributed by atoms with Crippen molar-refractivity contribution < 1.29 is 4.79 Å². The minimum absolute atomic E-state index is 0.0950. The molecule has 1 N–H and O–H groups in total. The van der Waals surface area contributed by atoms with Gasteiger partial charge in [-0.2, -0.15) is 0 Å². The molecule has 0 radical (unpaired) electrons. The first-order valence-electron chi connectivity index (χ1n) is 9.10. The minimum Gasteiger partial charge on any atom is -0.353 e. The van der Waals surface area contributed by atoms with E-state index in [1.54, 1.807) is 0 Å². The average molecular weight is 334 g/mol. The van der Waals surface area contributed by atoms with Crippen LogP contribution in [0, 0.1) is 5.92 Å². The summed E-state index contributed by atoms with van der Waals surface area (Å²) in [6, 6.07) is 15.0. The van der Waals surface area contributed by atoms with Gasteiger partial charge in [-0.25, -0.2) is 9.78 Å². The van der Waals surface area contributed by atoms with Crippen LogP contribution in [0.3, 0.4) is 0 Å². The highest BCUT2D eigenvalue weighted by atomic mass is 16.2. The van der Waals surface area contributed by atoms with E-state index in [4.69, 9.17) is 0 Å². The van der Waals surface area contributed by atoms with Crippen LogP contribution in [-0.2, 0) is 6.42 Å². The predicted molar refractivity (Wildman–Crippen MR) is 96.7 cm³/mol. The fourth-order valence-corrected chi connectivity index (χ4v) is 4.46. The van der Waals surface area contributed by atoms with E-state index >= 15 is 0 Å². The molecule has 1 saturated heterocycles. The molecule has 0 bridgehead atoms. The first kappa shape index (κ1) is 14.8. The summed E-state index contributed by atoms with van der Waals surface area (Å²) >= 11 is 0. The van der Waals surface area contributed by atoms with E-state index in [2.05, 4.69) is 39.5 Å². The zero-order chi connectivity index (χ0) is 16.8. The molecular formula is C20H22N4O. The maximum Gasteiger partial charge on any atom is 0.317 e. The first-order chi connectivity index (χ1) is 12.3. The molecule has 3 atom stereocenters. The standard InChI is InChI=1S/C20H22N4O/c25-20(22-19-16-13-14-5-1-2-6-15(14)18(16)19)24-11-9-23(10-12-24)17-7-3-4-8-21-17/h1-8,16,18-19H,9-13H2,(H,22,25)/t16-,18-,19+/m0/s1. The van der Waals surface area contributed by atoms with Crippen molar-refractivity contribution in [2.24, 2.45) is 5.92 Å². The fourth-order valence-electron chi connectivity index (χ4n) is 4.46. The highest BCUT2D eigenvalue weighted by molar-refractivity contribution is 5.76. The molecule has 1 aliphatic heterocycles. The van der Waals surface area contributed by atoms with Crippen LogP contribution in [0.15, 0.2) is 48.7 Å². The quantitative estimate of drug-likeness (QED) is 0.916. The zero-order valence-electron chi connectivity index (χ0n) is 14.1. The molecule has 2 fully saturated rings. The Kier molecular flexibility index (Phi) is 3.40. The topological polar surface area (TPSA) is 48.5 Å². The second-order valence-electron chi connectivity index (χ2n) is 7.23. The molecular weight excluding hydrogens is 312 g/mol. The van der Waals surface area contributed by atoms with Crippen molar-refractivity contribution in [2.45, 2.75) is 18.4 Å². The van der Waals surface area contributed by atoms with Crippen molar-refractivity contribution in [1.82, 2.24) is 15.2 Å². The number of urea groups is 1. The molecule has 2 amide bonds. The van der Waals surface area contributed by atoms with E-state index in [-0.39, 0.29) is 6.03 Å². The average Bonchev–Trinajstić information content (AvgIpc) is 3.18. The number of nitrogens with one attached hydrogen (secondary N) is 1. The number of carbonyl (C=O) groups excluding carboxylic acids is 1. The third kappa shape index (κ3) is 2.54. The zero-order valence-corrected chi connectivity index (χ0v) is 14.1. The Morgan fingerprint density at radius 3 is 2.64 bits per heavy atom. The van der Waals surface area contributed by atoms with Crippen molar-refractivity contribution >= 4 is 11.8 Å². The van der Waals surface area contributed by atoms with E-state index < -0.39 is 0 Å². The van der Waals surface area contributed by atoms with Gasteiger partial charge in [-0.05, 0) is 35.6 Å². The number of aromatic nitrogens is 1. The lowest BCUT2D eigenvalue weighted by atomic mass is 10.1. The third-order valence-corrected chi connectivity index (χ3v) is 5.87. The number of hydrogen-bond acceptors (Lipinski definition) is 3. The van der Waals surface area contributed by atoms with Crippen LogP contribution in [-0.4, -0.2) is 48.1 Å². The van der Waals surface area contributed by atoms with E-state index in [0.717, 1.165) is 38.4 Å².